The van der Waals surface area contributed by atoms with Crippen molar-refractivity contribution in [1.82, 2.24) is 5.32 Å². The third-order valence-corrected chi connectivity index (χ3v) is 3.94. The number of hydrogen-bond acceptors (Lipinski definition) is 3. The molecule has 0 radical (unpaired) electrons. The molecule has 0 aliphatic rings. The summed E-state index contributed by atoms with van der Waals surface area (Å²) in [6.45, 7) is 6.48. The average Bonchev–Trinajstić information content (AvgIpc) is 2.24. The molecule has 0 heterocycles. The first-order chi connectivity index (χ1) is 8.13. The molecule has 1 rings (SSSR count). The monoisotopic (exact) mass is 269 g/mol. The van der Waals surface area contributed by atoms with Gasteiger partial charge in [-0.25, -0.2) is 8.42 Å². The maximum atomic E-state index is 11.4. The molecule has 0 amide bonds. The van der Waals surface area contributed by atoms with Crippen LogP contribution in [-0.2, 0) is 15.3 Å². The predicted octanol–water partition coefficient (Wildman–Crippen LogP) is 2.29. The van der Waals surface area contributed by atoms with Crippen LogP contribution in [0.4, 0.5) is 0 Å². The summed E-state index contributed by atoms with van der Waals surface area (Å²) in [6.07, 6.45) is 1.26. The second kappa shape index (κ2) is 5.41. The van der Waals surface area contributed by atoms with E-state index in [0.29, 0.717) is 0 Å². The Bertz CT molecular complexity index is 484. The van der Waals surface area contributed by atoms with Gasteiger partial charge in [-0.1, -0.05) is 45.0 Å². The Hall–Kier alpha value is -0.870. The fourth-order valence-corrected chi connectivity index (χ4v) is 2.83. The van der Waals surface area contributed by atoms with Gasteiger partial charge in [0.1, 0.15) is 9.84 Å². The molecule has 1 unspecified atom stereocenters. The van der Waals surface area contributed by atoms with Crippen LogP contribution >= 0.6 is 0 Å². The van der Waals surface area contributed by atoms with Crippen molar-refractivity contribution >= 4 is 9.84 Å². The van der Waals surface area contributed by atoms with Gasteiger partial charge in [-0.05, 0) is 23.6 Å². The summed E-state index contributed by atoms with van der Waals surface area (Å²) >= 11 is 0. The van der Waals surface area contributed by atoms with Crippen molar-refractivity contribution in [2.24, 2.45) is 0 Å². The van der Waals surface area contributed by atoms with Gasteiger partial charge in [0.2, 0.25) is 0 Å². The van der Waals surface area contributed by atoms with Gasteiger partial charge < -0.3 is 5.32 Å². The number of nitrogens with one attached hydrogen (secondary N) is 1. The Morgan fingerprint density at radius 2 is 1.67 bits per heavy atom. The van der Waals surface area contributed by atoms with Gasteiger partial charge in [0.05, 0.1) is 5.75 Å². The molecule has 0 aliphatic carbocycles. The maximum Gasteiger partial charge on any atom is 0.149 e. The molecule has 1 N–H and O–H groups in total. The van der Waals surface area contributed by atoms with Crippen molar-refractivity contribution < 1.29 is 8.42 Å². The van der Waals surface area contributed by atoms with Crippen molar-refractivity contribution in [2.45, 2.75) is 32.2 Å². The molecule has 0 spiro atoms. The van der Waals surface area contributed by atoms with Crippen molar-refractivity contribution in [1.29, 1.82) is 0 Å². The van der Waals surface area contributed by atoms with E-state index in [2.05, 4.69) is 38.2 Å². The van der Waals surface area contributed by atoms with E-state index in [-0.39, 0.29) is 17.2 Å². The van der Waals surface area contributed by atoms with Crippen LogP contribution in [0, 0.1) is 0 Å². The number of hydrogen-bond donors (Lipinski definition) is 1. The summed E-state index contributed by atoms with van der Waals surface area (Å²) in [5.41, 5.74) is 2.38. The highest BCUT2D eigenvalue weighted by Crippen LogP contribution is 2.24. The van der Waals surface area contributed by atoms with E-state index in [1.54, 1.807) is 7.05 Å². The van der Waals surface area contributed by atoms with E-state index in [0.717, 1.165) is 5.56 Å². The summed E-state index contributed by atoms with van der Waals surface area (Å²) < 4.78 is 22.7. The summed E-state index contributed by atoms with van der Waals surface area (Å²) in [6, 6.07) is 8.01. The van der Waals surface area contributed by atoms with Gasteiger partial charge in [-0.2, -0.15) is 0 Å². The van der Waals surface area contributed by atoms with E-state index >= 15 is 0 Å². The van der Waals surface area contributed by atoms with Crippen molar-refractivity contribution in [3.05, 3.63) is 35.4 Å². The fraction of sp³-hybridized carbons (Fsp3) is 0.571. The maximum absolute atomic E-state index is 11.4. The zero-order valence-electron chi connectivity index (χ0n) is 11.8. The summed E-state index contributed by atoms with van der Waals surface area (Å²) in [5.74, 6) is 0.123. The zero-order valence-corrected chi connectivity index (χ0v) is 12.6. The van der Waals surface area contributed by atoms with Crippen LogP contribution in [0.5, 0.6) is 0 Å². The van der Waals surface area contributed by atoms with Crippen LogP contribution in [0.2, 0.25) is 0 Å². The highest BCUT2D eigenvalue weighted by Gasteiger charge is 2.17. The largest absolute Gasteiger partial charge is 0.312 e. The Balaban J connectivity index is 2.96. The normalized spacial score (nSPS) is 14.5. The zero-order chi connectivity index (χ0) is 14.0. The Labute approximate surface area is 111 Å². The minimum atomic E-state index is -2.98. The minimum absolute atomic E-state index is 0.116. The average molecular weight is 269 g/mol. The van der Waals surface area contributed by atoms with Gasteiger partial charge in [-0.3, -0.25) is 0 Å². The molecule has 3 nitrogen and oxygen atoms in total. The number of sulfone groups is 1. The lowest BCUT2D eigenvalue weighted by molar-refractivity contribution is 0.576. The van der Waals surface area contributed by atoms with Gasteiger partial charge in [-0.15, -0.1) is 0 Å². The quantitative estimate of drug-likeness (QED) is 0.912. The molecule has 1 aromatic rings. The first-order valence-electron chi connectivity index (χ1n) is 6.09. The van der Waals surface area contributed by atoms with Gasteiger partial charge >= 0.3 is 0 Å². The molecule has 0 aromatic heterocycles. The van der Waals surface area contributed by atoms with E-state index in [1.807, 2.05) is 12.1 Å². The number of benzene rings is 1. The fourth-order valence-electron chi connectivity index (χ4n) is 1.86. The van der Waals surface area contributed by atoms with Crippen LogP contribution in [0.1, 0.15) is 37.9 Å². The summed E-state index contributed by atoms with van der Waals surface area (Å²) in [5, 5.41) is 3.05. The first kappa shape index (κ1) is 15.2. The molecule has 0 aliphatic heterocycles. The second-order valence-corrected chi connectivity index (χ2v) is 7.99. The van der Waals surface area contributed by atoms with Crippen molar-refractivity contribution in [3.8, 4) is 0 Å². The lowest BCUT2D eigenvalue weighted by Gasteiger charge is -2.21. The molecule has 0 saturated carbocycles. The van der Waals surface area contributed by atoms with Gasteiger partial charge in [0.15, 0.2) is 0 Å². The predicted molar refractivity (Wildman–Crippen MR) is 76.7 cm³/mol. The summed E-state index contributed by atoms with van der Waals surface area (Å²) in [4.78, 5) is 0. The van der Waals surface area contributed by atoms with Crippen molar-refractivity contribution in [3.63, 3.8) is 0 Å². The third-order valence-electron chi connectivity index (χ3n) is 3.00. The van der Waals surface area contributed by atoms with Crippen LogP contribution in [-0.4, -0.2) is 27.5 Å². The molecule has 0 fully saturated rings. The Kier molecular flexibility index (Phi) is 4.56. The van der Waals surface area contributed by atoms with Crippen LogP contribution in [0.25, 0.3) is 0 Å². The van der Waals surface area contributed by atoms with E-state index in [9.17, 15) is 8.42 Å². The lowest BCUT2D eigenvalue weighted by atomic mass is 9.86. The minimum Gasteiger partial charge on any atom is -0.312 e. The van der Waals surface area contributed by atoms with E-state index in [1.165, 1.54) is 11.8 Å². The van der Waals surface area contributed by atoms with Crippen LogP contribution in [0.15, 0.2) is 24.3 Å². The SMILES string of the molecule is CNC(CS(C)(=O)=O)c1ccc(C(C)(C)C)cc1. The van der Waals surface area contributed by atoms with Gasteiger partial charge in [0.25, 0.3) is 0 Å². The van der Waals surface area contributed by atoms with Crippen LogP contribution in [0.3, 0.4) is 0 Å². The van der Waals surface area contributed by atoms with Crippen molar-refractivity contribution in [2.75, 3.05) is 19.1 Å². The molecule has 102 valence electrons. The summed E-state index contributed by atoms with van der Waals surface area (Å²) in [7, 11) is -1.20. The molecule has 4 heteroatoms. The molecule has 0 bridgehead atoms. The van der Waals surface area contributed by atoms with Gasteiger partial charge in [0, 0.05) is 12.3 Å². The van der Waals surface area contributed by atoms with E-state index in [4.69, 9.17) is 0 Å². The Morgan fingerprint density at radius 1 is 1.17 bits per heavy atom. The third kappa shape index (κ3) is 4.42. The standard InChI is InChI=1S/C14H23NO2S/c1-14(2,3)12-8-6-11(7-9-12)13(15-4)10-18(5,16)17/h6-9,13,15H,10H2,1-5H3. The Morgan fingerprint density at radius 3 is 2.00 bits per heavy atom. The molecule has 1 atom stereocenters. The molecule has 18 heavy (non-hydrogen) atoms. The van der Waals surface area contributed by atoms with Crippen LogP contribution < -0.4 is 5.32 Å². The first-order valence-corrected chi connectivity index (χ1v) is 8.15. The second-order valence-electron chi connectivity index (χ2n) is 5.81. The lowest BCUT2D eigenvalue weighted by Crippen LogP contribution is -2.24. The number of rotatable bonds is 4. The molecular formula is C14H23NO2S. The highest BCUT2D eigenvalue weighted by molar-refractivity contribution is 7.90. The molecule has 0 saturated heterocycles. The smallest absolute Gasteiger partial charge is 0.149 e. The highest BCUT2D eigenvalue weighted by atomic mass is 32.2. The van der Waals surface area contributed by atoms with E-state index < -0.39 is 9.84 Å². The molecule has 1 aromatic carbocycles. The molecular weight excluding hydrogens is 246 g/mol. The topological polar surface area (TPSA) is 46.2 Å².